The number of nitrogens with one attached hydrogen (secondary N) is 1. The Hall–Kier alpha value is -3.08. The Bertz CT molecular complexity index is 1670. The lowest BCUT2D eigenvalue weighted by molar-refractivity contribution is -0.149. The number of piperazine rings is 1. The van der Waals surface area contributed by atoms with Gasteiger partial charge in [-0.15, -0.1) is 0 Å². The van der Waals surface area contributed by atoms with Gasteiger partial charge in [0.2, 0.25) is 11.8 Å². The van der Waals surface area contributed by atoms with Gasteiger partial charge in [-0.3, -0.25) is 19.4 Å². The van der Waals surface area contributed by atoms with Crippen molar-refractivity contribution < 1.29 is 9.59 Å². The second kappa shape index (κ2) is 11.0. The van der Waals surface area contributed by atoms with Crippen molar-refractivity contribution in [2.24, 2.45) is 11.3 Å². The molecule has 3 aromatic rings. The minimum absolute atomic E-state index is 0.000355. The third-order valence-electron chi connectivity index (χ3n) is 10.8. The number of likely N-dealkylation sites (N-methyl/N-ethyl adjacent to an activating group) is 1. The summed E-state index contributed by atoms with van der Waals surface area (Å²) in [6.45, 7) is 15.9. The van der Waals surface area contributed by atoms with E-state index in [2.05, 4.69) is 64.0 Å². The highest BCUT2D eigenvalue weighted by Crippen LogP contribution is 2.56. The Kier molecular flexibility index (Phi) is 7.49. The summed E-state index contributed by atoms with van der Waals surface area (Å²) in [5.74, 6) is 1.13. The molecule has 12 heteroatoms. The summed E-state index contributed by atoms with van der Waals surface area (Å²) in [5, 5.41) is 14.6. The maximum absolute atomic E-state index is 13.6. The standard InChI is InChI=1S/C33H42Cl2N8O2/c1-6-26(44)41-18-33(19-41)15-22(16-33)43-20(2)27(28-23-17-36-37-25(23)13-24(34)29(28)35)30(38-43)42-8-7-21(14-32(42,3)4)31(45)40-11-9-39(5)10-12-40/h6,13,17,21-22H,1,7-12,14-16,18-19H2,2-5H3,(H,36,37). The normalized spacial score (nSPS) is 23.3. The third-order valence-corrected chi connectivity index (χ3v) is 11.6. The minimum atomic E-state index is -0.327. The fraction of sp³-hybridized carbons (Fsp3) is 0.576. The SMILES string of the molecule is C=CC(=O)N1CC2(CC(n3nc(N4CCC(C(=O)N5CCN(C)CC5)CC4(C)C)c(-c4c(Cl)c(Cl)cc5[nH]ncc45)c3C)C2)C1. The molecular formula is C33H42Cl2N8O2. The van der Waals surface area contributed by atoms with Gasteiger partial charge in [-0.25, -0.2) is 0 Å². The molecule has 0 radical (unpaired) electrons. The number of amides is 2. The van der Waals surface area contributed by atoms with Crippen LogP contribution in [0, 0.1) is 18.3 Å². The summed E-state index contributed by atoms with van der Waals surface area (Å²) in [6.07, 6.45) is 6.64. The number of carbonyl (C=O) groups excluding carboxylic acids is 2. The van der Waals surface area contributed by atoms with E-state index in [1.807, 2.05) is 11.0 Å². The van der Waals surface area contributed by atoms with E-state index in [0.717, 1.165) is 98.5 Å². The number of piperidine rings is 1. The van der Waals surface area contributed by atoms with Crippen molar-refractivity contribution in [3.05, 3.63) is 40.7 Å². The number of rotatable bonds is 5. The van der Waals surface area contributed by atoms with Crippen LogP contribution in [-0.2, 0) is 9.59 Å². The van der Waals surface area contributed by atoms with E-state index in [0.29, 0.717) is 16.6 Å². The number of aromatic amines is 1. The Labute approximate surface area is 274 Å². The van der Waals surface area contributed by atoms with Gasteiger partial charge in [0.15, 0.2) is 5.82 Å². The van der Waals surface area contributed by atoms with Crippen molar-refractivity contribution in [3.8, 4) is 11.1 Å². The molecule has 1 atom stereocenters. The summed E-state index contributed by atoms with van der Waals surface area (Å²) >= 11 is 13.7. The largest absolute Gasteiger partial charge is 0.349 e. The summed E-state index contributed by atoms with van der Waals surface area (Å²) < 4.78 is 2.18. The first-order valence-corrected chi connectivity index (χ1v) is 16.7. The number of fused-ring (bicyclic) bond motifs is 1. The lowest BCUT2D eigenvalue weighted by Gasteiger charge is -2.58. The number of H-pyrrole nitrogens is 1. The van der Waals surface area contributed by atoms with Crippen molar-refractivity contribution in [1.29, 1.82) is 0 Å². The molecule has 240 valence electrons. The number of hydrogen-bond acceptors (Lipinski definition) is 6. The fourth-order valence-corrected chi connectivity index (χ4v) is 8.78. The molecule has 3 aliphatic heterocycles. The predicted octanol–water partition coefficient (Wildman–Crippen LogP) is 5.16. The first kappa shape index (κ1) is 30.6. The maximum Gasteiger partial charge on any atom is 0.245 e. The van der Waals surface area contributed by atoms with Gasteiger partial charge in [0.25, 0.3) is 0 Å². The number of carbonyl (C=O) groups is 2. The maximum atomic E-state index is 13.6. The van der Waals surface area contributed by atoms with Crippen molar-refractivity contribution in [3.63, 3.8) is 0 Å². The van der Waals surface area contributed by atoms with Crippen LogP contribution in [0.15, 0.2) is 24.9 Å². The lowest BCUT2D eigenvalue weighted by Crippen LogP contribution is -2.63. The summed E-state index contributed by atoms with van der Waals surface area (Å²) in [4.78, 5) is 34.3. The number of benzene rings is 1. The molecule has 4 fully saturated rings. The van der Waals surface area contributed by atoms with E-state index >= 15 is 0 Å². The quantitative estimate of drug-likeness (QED) is 0.383. The van der Waals surface area contributed by atoms with Crippen LogP contribution in [0.25, 0.3) is 22.0 Å². The van der Waals surface area contributed by atoms with E-state index in [1.54, 1.807) is 6.20 Å². The van der Waals surface area contributed by atoms with Gasteiger partial charge in [0.1, 0.15) is 0 Å². The molecule has 1 aromatic carbocycles. The average Bonchev–Trinajstić information content (AvgIpc) is 3.55. The summed E-state index contributed by atoms with van der Waals surface area (Å²) in [5.41, 5.74) is 3.46. The zero-order chi connectivity index (χ0) is 31.8. The number of likely N-dealkylation sites (tertiary alicyclic amines) is 1. The summed E-state index contributed by atoms with van der Waals surface area (Å²) in [7, 11) is 2.11. The van der Waals surface area contributed by atoms with E-state index in [4.69, 9.17) is 28.3 Å². The Morgan fingerprint density at radius 2 is 1.76 bits per heavy atom. The van der Waals surface area contributed by atoms with E-state index in [-0.39, 0.29) is 34.7 Å². The van der Waals surface area contributed by atoms with Crippen LogP contribution in [0.3, 0.4) is 0 Å². The van der Waals surface area contributed by atoms with Gasteiger partial charge >= 0.3 is 0 Å². The molecule has 45 heavy (non-hydrogen) atoms. The average molecular weight is 654 g/mol. The van der Waals surface area contributed by atoms with Crippen LogP contribution in [0.1, 0.15) is 51.3 Å². The topological polar surface area (TPSA) is 93.6 Å². The molecule has 7 rings (SSSR count). The first-order valence-electron chi connectivity index (χ1n) is 16.0. The van der Waals surface area contributed by atoms with Gasteiger partial charge in [-0.1, -0.05) is 29.8 Å². The zero-order valence-corrected chi connectivity index (χ0v) is 28.1. The first-order chi connectivity index (χ1) is 21.4. The minimum Gasteiger partial charge on any atom is -0.349 e. The van der Waals surface area contributed by atoms with Crippen molar-refractivity contribution in [1.82, 2.24) is 34.7 Å². The molecule has 1 unspecified atom stereocenters. The second-order valence-corrected chi connectivity index (χ2v) is 15.1. The molecular weight excluding hydrogens is 611 g/mol. The molecule has 4 aliphatic rings. The molecule has 3 saturated heterocycles. The van der Waals surface area contributed by atoms with Crippen molar-refractivity contribution >= 4 is 51.7 Å². The predicted molar refractivity (Wildman–Crippen MR) is 178 cm³/mol. The van der Waals surface area contributed by atoms with Gasteiger partial charge < -0.3 is 19.6 Å². The molecule has 0 bridgehead atoms. The second-order valence-electron chi connectivity index (χ2n) is 14.4. The van der Waals surface area contributed by atoms with E-state index < -0.39 is 0 Å². The molecule has 1 spiro atoms. The highest BCUT2D eigenvalue weighted by Gasteiger charge is 2.55. The monoisotopic (exact) mass is 652 g/mol. The molecule has 5 heterocycles. The van der Waals surface area contributed by atoms with E-state index in [9.17, 15) is 9.59 Å². The number of halogens is 2. The van der Waals surface area contributed by atoms with Crippen molar-refractivity contribution in [2.45, 2.75) is 58.0 Å². The Morgan fingerprint density at radius 1 is 1.04 bits per heavy atom. The van der Waals surface area contributed by atoms with Gasteiger partial charge in [0, 0.05) is 84.9 Å². The fourth-order valence-electron chi connectivity index (χ4n) is 8.33. The number of nitrogens with zero attached hydrogens (tertiary/aromatic N) is 7. The number of hydrogen-bond donors (Lipinski definition) is 1. The molecule has 1 N–H and O–H groups in total. The number of anilines is 1. The molecule has 1 aliphatic carbocycles. The molecule has 2 aromatic heterocycles. The highest BCUT2D eigenvalue weighted by atomic mass is 35.5. The zero-order valence-electron chi connectivity index (χ0n) is 26.6. The Balaban J connectivity index is 1.23. The summed E-state index contributed by atoms with van der Waals surface area (Å²) in [6, 6.07) is 2.03. The van der Waals surface area contributed by atoms with Crippen LogP contribution < -0.4 is 4.90 Å². The van der Waals surface area contributed by atoms with Gasteiger partial charge in [-0.05, 0) is 65.6 Å². The van der Waals surface area contributed by atoms with Crippen LogP contribution in [-0.4, -0.2) is 105 Å². The van der Waals surface area contributed by atoms with Gasteiger partial charge in [-0.2, -0.15) is 10.2 Å². The van der Waals surface area contributed by atoms with Crippen LogP contribution in [0.5, 0.6) is 0 Å². The van der Waals surface area contributed by atoms with Gasteiger partial charge in [0.05, 0.1) is 27.8 Å². The molecule has 1 saturated carbocycles. The third kappa shape index (κ3) is 5.04. The molecule has 10 nitrogen and oxygen atoms in total. The van der Waals surface area contributed by atoms with Crippen LogP contribution in [0.2, 0.25) is 10.0 Å². The van der Waals surface area contributed by atoms with Crippen LogP contribution >= 0.6 is 23.2 Å². The van der Waals surface area contributed by atoms with Crippen molar-refractivity contribution in [2.75, 3.05) is 57.8 Å². The highest BCUT2D eigenvalue weighted by molar-refractivity contribution is 6.45. The van der Waals surface area contributed by atoms with E-state index in [1.165, 1.54) is 6.08 Å². The Morgan fingerprint density at radius 3 is 2.42 bits per heavy atom. The van der Waals surface area contributed by atoms with Crippen LogP contribution in [0.4, 0.5) is 5.82 Å². The molecule has 2 amide bonds. The number of aromatic nitrogens is 4. The lowest BCUT2D eigenvalue weighted by atomic mass is 9.60. The smallest absolute Gasteiger partial charge is 0.245 e.